The summed E-state index contributed by atoms with van der Waals surface area (Å²) in [5.41, 5.74) is 2.08. The molecule has 0 bridgehead atoms. The summed E-state index contributed by atoms with van der Waals surface area (Å²) in [5.74, 6) is 1.15. The molecule has 0 unspecified atom stereocenters. The van der Waals surface area contributed by atoms with E-state index in [9.17, 15) is 4.79 Å². The van der Waals surface area contributed by atoms with Crippen LogP contribution in [0.3, 0.4) is 0 Å². The number of hydrogen-bond donors (Lipinski definition) is 0. The molecule has 2 aromatic carbocycles. The molecule has 3 aromatic rings. The summed E-state index contributed by atoms with van der Waals surface area (Å²) in [6.45, 7) is 1.89. The van der Waals surface area contributed by atoms with Gasteiger partial charge in [0.1, 0.15) is 18.5 Å². The van der Waals surface area contributed by atoms with Crippen molar-refractivity contribution in [2.45, 2.75) is 19.4 Å². The van der Waals surface area contributed by atoms with E-state index in [1.54, 1.807) is 25.1 Å². The molecule has 1 atom stereocenters. The third-order valence-electron chi connectivity index (χ3n) is 4.02. The van der Waals surface area contributed by atoms with E-state index in [-0.39, 0.29) is 12.7 Å². The highest BCUT2D eigenvalue weighted by Crippen LogP contribution is 2.28. The van der Waals surface area contributed by atoms with Crippen molar-refractivity contribution >= 4 is 5.97 Å². The molecule has 6 nitrogen and oxygen atoms in total. The highest BCUT2D eigenvalue weighted by molar-refractivity contribution is 5.96. The van der Waals surface area contributed by atoms with Crippen LogP contribution in [0.15, 0.2) is 52.9 Å². The van der Waals surface area contributed by atoms with Gasteiger partial charge in [-0.15, -0.1) is 10.2 Å². The summed E-state index contributed by atoms with van der Waals surface area (Å²) in [6, 6.07) is 14.9. The van der Waals surface area contributed by atoms with Gasteiger partial charge >= 0.3 is 5.97 Å². The number of carbonyl (C=O) groups excluding carboxylic acids is 1. The van der Waals surface area contributed by atoms with Gasteiger partial charge < -0.3 is 13.9 Å². The van der Waals surface area contributed by atoms with E-state index >= 15 is 0 Å². The molecule has 126 valence electrons. The van der Waals surface area contributed by atoms with E-state index in [0.29, 0.717) is 22.9 Å². The Labute approximate surface area is 144 Å². The molecule has 0 saturated carbocycles. The van der Waals surface area contributed by atoms with Gasteiger partial charge in [-0.1, -0.05) is 30.3 Å². The zero-order valence-corrected chi connectivity index (χ0v) is 13.6. The molecule has 1 aromatic heterocycles. The van der Waals surface area contributed by atoms with Crippen LogP contribution in [-0.4, -0.2) is 28.9 Å². The van der Waals surface area contributed by atoms with E-state index in [2.05, 4.69) is 10.2 Å². The van der Waals surface area contributed by atoms with Crippen LogP contribution < -0.4 is 4.74 Å². The van der Waals surface area contributed by atoms with Crippen LogP contribution in [0.1, 0.15) is 21.8 Å². The molecule has 0 N–H and O–H groups in total. The van der Waals surface area contributed by atoms with Crippen molar-refractivity contribution in [2.75, 3.05) is 6.61 Å². The molecule has 0 aliphatic carbocycles. The van der Waals surface area contributed by atoms with Crippen LogP contribution in [-0.2, 0) is 11.2 Å². The zero-order chi connectivity index (χ0) is 17.2. The van der Waals surface area contributed by atoms with Crippen molar-refractivity contribution in [1.82, 2.24) is 10.2 Å². The van der Waals surface area contributed by atoms with Crippen LogP contribution in [0.5, 0.6) is 5.75 Å². The lowest BCUT2D eigenvalue weighted by Gasteiger charge is -2.12. The summed E-state index contributed by atoms with van der Waals surface area (Å²) in [6.07, 6.45) is 0.563. The third kappa shape index (κ3) is 3.10. The molecule has 0 amide bonds. The van der Waals surface area contributed by atoms with Gasteiger partial charge in [0.15, 0.2) is 0 Å². The van der Waals surface area contributed by atoms with E-state index < -0.39 is 5.97 Å². The van der Waals surface area contributed by atoms with E-state index in [4.69, 9.17) is 13.9 Å². The Hall–Kier alpha value is -3.15. The smallest absolute Gasteiger partial charge is 0.339 e. The molecule has 1 aliphatic heterocycles. The summed E-state index contributed by atoms with van der Waals surface area (Å²) < 4.78 is 16.7. The molecule has 2 heterocycles. The van der Waals surface area contributed by atoms with Crippen molar-refractivity contribution < 1.29 is 18.7 Å². The average Bonchev–Trinajstić information content (AvgIpc) is 3.25. The van der Waals surface area contributed by atoms with Gasteiger partial charge in [0.05, 0.1) is 11.1 Å². The summed E-state index contributed by atoms with van der Waals surface area (Å²) in [7, 11) is 0. The number of nitrogens with zero attached hydrogens (tertiary/aromatic N) is 2. The standard InChI is InChI=1S/C19H16N2O4/c1-12-20-21-18(24-12)15-7-3-4-8-16(15)19(22)23-11-14-10-13-6-2-5-9-17(13)25-14/h2-9,14H,10-11H2,1H3/t14-/m0/s1. The largest absolute Gasteiger partial charge is 0.486 e. The maximum Gasteiger partial charge on any atom is 0.339 e. The summed E-state index contributed by atoms with van der Waals surface area (Å²) in [4.78, 5) is 12.5. The Morgan fingerprint density at radius 1 is 1.16 bits per heavy atom. The number of para-hydroxylation sites is 1. The first kappa shape index (κ1) is 15.4. The lowest BCUT2D eigenvalue weighted by molar-refractivity contribution is 0.0347. The average molecular weight is 336 g/mol. The molecular weight excluding hydrogens is 320 g/mol. The molecule has 0 spiro atoms. The van der Waals surface area contributed by atoms with Gasteiger partial charge in [-0.3, -0.25) is 0 Å². The van der Waals surface area contributed by atoms with Gasteiger partial charge in [0.25, 0.3) is 0 Å². The third-order valence-corrected chi connectivity index (χ3v) is 4.02. The lowest BCUT2D eigenvalue weighted by atomic mass is 10.1. The Kier molecular flexibility index (Phi) is 3.93. The Morgan fingerprint density at radius 3 is 2.76 bits per heavy atom. The van der Waals surface area contributed by atoms with Crippen molar-refractivity contribution in [3.05, 3.63) is 65.5 Å². The molecule has 0 saturated heterocycles. The van der Waals surface area contributed by atoms with Gasteiger partial charge in [-0.2, -0.15) is 0 Å². The minimum absolute atomic E-state index is 0.167. The molecule has 25 heavy (non-hydrogen) atoms. The molecule has 1 aliphatic rings. The van der Waals surface area contributed by atoms with E-state index in [0.717, 1.165) is 17.7 Å². The van der Waals surface area contributed by atoms with Crippen molar-refractivity contribution in [2.24, 2.45) is 0 Å². The second-order valence-electron chi connectivity index (χ2n) is 5.82. The second kappa shape index (κ2) is 6.39. The van der Waals surface area contributed by atoms with Crippen LogP contribution in [0.2, 0.25) is 0 Å². The Bertz CT molecular complexity index is 894. The number of benzene rings is 2. The lowest BCUT2D eigenvalue weighted by Crippen LogP contribution is -2.23. The van der Waals surface area contributed by atoms with Gasteiger partial charge in [0.2, 0.25) is 11.8 Å². The molecule has 0 fully saturated rings. The van der Waals surface area contributed by atoms with E-state index in [1.165, 1.54) is 0 Å². The van der Waals surface area contributed by atoms with Crippen LogP contribution >= 0.6 is 0 Å². The highest BCUT2D eigenvalue weighted by atomic mass is 16.6. The number of aryl methyl sites for hydroxylation is 1. The quantitative estimate of drug-likeness (QED) is 0.681. The van der Waals surface area contributed by atoms with Crippen LogP contribution in [0.4, 0.5) is 0 Å². The van der Waals surface area contributed by atoms with Crippen molar-refractivity contribution in [3.63, 3.8) is 0 Å². The predicted octanol–water partition coefficient (Wildman–Crippen LogP) is 3.21. The SMILES string of the molecule is Cc1nnc(-c2ccccc2C(=O)OC[C@@H]2Cc3ccccc3O2)o1. The fourth-order valence-electron chi connectivity index (χ4n) is 2.85. The molecule has 0 radical (unpaired) electrons. The fourth-order valence-corrected chi connectivity index (χ4v) is 2.85. The van der Waals surface area contributed by atoms with Crippen molar-refractivity contribution in [3.8, 4) is 17.2 Å². The normalized spacial score (nSPS) is 15.5. The molecular formula is C19H16N2O4. The number of carbonyl (C=O) groups is 1. The first-order chi connectivity index (χ1) is 12.2. The van der Waals surface area contributed by atoms with Crippen LogP contribution in [0.25, 0.3) is 11.5 Å². The monoisotopic (exact) mass is 336 g/mol. The van der Waals surface area contributed by atoms with E-state index in [1.807, 2.05) is 30.3 Å². The number of ether oxygens (including phenoxy) is 2. The summed E-state index contributed by atoms with van der Waals surface area (Å²) >= 11 is 0. The second-order valence-corrected chi connectivity index (χ2v) is 5.82. The maximum atomic E-state index is 12.5. The summed E-state index contributed by atoms with van der Waals surface area (Å²) in [5, 5.41) is 7.78. The van der Waals surface area contributed by atoms with Gasteiger partial charge in [0, 0.05) is 13.3 Å². The Balaban J connectivity index is 1.46. The first-order valence-electron chi connectivity index (χ1n) is 8.02. The van der Waals surface area contributed by atoms with Crippen LogP contribution in [0, 0.1) is 6.92 Å². The highest BCUT2D eigenvalue weighted by Gasteiger charge is 2.25. The Morgan fingerprint density at radius 2 is 1.96 bits per heavy atom. The van der Waals surface area contributed by atoms with Gasteiger partial charge in [-0.05, 0) is 23.8 Å². The number of rotatable bonds is 4. The number of esters is 1. The minimum Gasteiger partial charge on any atom is -0.486 e. The molecule has 6 heteroatoms. The fraction of sp³-hybridized carbons (Fsp3) is 0.211. The van der Waals surface area contributed by atoms with Gasteiger partial charge in [-0.25, -0.2) is 4.79 Å². The number of fused-ring (bicyclic) bond motifs is 1. The molecule has 4 rings (SSSR count). The minimum atomic E-state index is -0.439. The zero-order valence-electron chi connectivity index (χ0n) is 13.6. The number of hydrogen-bond acceptors (Lipinski definition) is 6. The predicted molar refractivity (Wildman–Crippen MR) is 89.3 cm³/mol. The maximum absolute atomic E-state index is 12.5. The topological polar surface area (TPSA) is 74.5 Å². The first-order valence-corrected chi connectivity index (χ1v) is 8.02. The van der Waals surface area contributed by atoms with Crippen molar-refractivity contribution in [1.29, 1.82) is 0 Å². The number of aromatic nitrogens is 2.